The standard InChI is InChI=1S/C25H35ClN6O/c1-18-16-20(19-9-14-31(2)15-10-19)7-8-22(18)29-25-28-17-21(26)24(30-25)27-11-5-13-32-12-4-3-6-23(32)33/h7-8,16-17,19H,3-6,9-15H2,1-2H3,(H2,27,28,29,30). The SMILES string of the molecule is Cc1cc(C2CCN(C)CC2)ccc1Nc1ncc(Cl)c(NCCCN2CCCCC2=O)n1. The Hall–Kier alpha value is -2.38. The summed E-state index contributed by atoms with van der Waals surface area (Å²) in [6.07, 6.45) is 7.69. The van der Waals surface area contributed by atoms with Crippen molar-refractivity contribution >= 4 is 35.0 Å². The Morgan fingerprint density at radius 3 is 2.76 bits per heavy atom. The number of carbonyl (C=O) groups excluding carboxylic acids is 1. The van der Waals surface area contributed by atoms with E-state index in [4.69, 9.17) is 11.6 Å². The maximum absolute atomic E-state index is 11.9. The van der Waals surface area contributed by atoms with E-state index in [-0.39, 0.29) is 5.91 Å². The number of aromatic nitrogens is 2. The molecule has 0 unspecified atom stereocenters. The highest BCUT2D eigenvalue weighted by molar-refractivity contribution is 6.32. The van der Waals surface area contributed by atoms with E-state index in [1.165, 1.54) is 24.0 Å². The van der Waals surface area contributed by atoms with Crippen LogP contribution in [0, 0.1) is 6.92 Å². The van der Waals surface area contributed by atoms with Gasteiger partial charge in [0.05, 0.1) is 6.20 Å². The van der Waals surface area contributed by atoms with E-state index in [9.17, 15) is 4.79 Å². The molecule has 0 aliphatic carbocycles. The highest BCUT2D eigenvalue weighted by Crippen LogP contribution is 2.31. The van der Waals surface area contributed by atoms with Gasteiger partial charge in [0, 0.05) is 31.7 Å². The van der Waals surface area contributed by atoms with Crippen LogP contribution in [0.15, 0.2) is 24.4 Å². The van der Waals surface area contributed by atoms with Crippen molar-refractivity contribution < 1.29 is 4.79 Å². The molecule has 1 aromatic carbocycles. The van der Waals surface area contributed by atoms with Crippen LogP contribution >= 0.6 is 11.6 Å². The Balaban J connectivity index is 1.33. The van der Waals surface area contributed by atoms with E-state index in [0.717, 1.165) is 51.1 Å². The summed E-state index contributed by atoms with van der Waals surface area (Å²) in [7, 11) is 2.19. The summed E-state index contributed by atoms with van der Waals surface area (Å²) in [6.45, 7) is 6.78. The number of piperidine rings is 2. The van der Waals surface area contributed by atoms with Crippen molar-refractivity contribution in [3.63, 3.8) is 0 Å². The first-order chi connectivity index (χ1) is 16.0. The summed E-state index contributed by atoms with van der Waals surface area (Å²) in [6, 6.07) is 6.64. The number of hydrogen-bond acceptors (Lipinski definition) is 6. The van der Waals surface area contributed by atoms with Gasteiger partial charge in [0.15, 0.2) is 0 Å². The van der Waals surface area contributed by atoms with E-state index in [1.54, 1.807) is 6.20 Å². The maximum Gasteiger partial charge on any atom is 0.229 e. The summed E-state index contributed by atoms with van der Waals surface area (Å²) in [4.78, 5) is 25.2. The predicted molar refractivity (Wildman–Crippen MR) is 135 cm³/mol. The van der Waals surface area contributed by atoms with Gasteiger partial charge in [0.1, 0.15) is 10.8 Å². The number of hydrogen-bond donors (Lipinski definition) is 2. The first kappa shape index (κ1) is 23.8. The minimum atomic E-state index is 0.269. The lowest BCUT2D eigenvalue weighted by atomic mass is 9.88. The molecule has 2 saturated heterocycles. The zero-order chi connectivity index (χ0) is 23.2. The van der Waals surface area contributed by atoms with Gasteiger partial charge in [0.2, 0.25) is 11.9 Å². The third-order valence-corrected chi connectivity index (χ3v) is 7.03. The Morgan fingerprint density at radius 1 is 1.18 bits per heavy atom. The van der Waals surface area contributed by atoms with Gasteiger partial charge in [-0.15, -0.1) is 0 Å². The molecule has 33 heavy (non-hydrogen) atoms. The molecule has 2 aromatic rings. The van der Waals surface area contributed by atoms with Crippen molar-refractivity contribution in [1.82, 2.24) is 19.8 Å². The van der Waals surface area contributed by atoms with Crippen molar-refractivity contribution in [1.29, 1.82) is 0 Å². The van der Waals surface area contributed by atoms with Crippen LogP contribution < -0.4 is 10.6 Å². The number of benzene rings is 1. The molecule has 3 heterocycles. The Kier molecular flexibility index (Phi) is 8.04. The van der Waals surface area contributed by atoms with Crippen LogP contribution in [0.2, 0.25) is 5.02 Å². The highest BCUT2D eigenvalue weighted by Gasteiger charge is 2.19. The fourth-order valence-corrected chi connectivity index (χ4v) is 4.83. The van der Waals surface area contributed by atoms with Crippen LogP contribution in [0.25, 0.3) is 0 Å². The molecular weight excluding hydrogens is 436 g/mol. The molecule has 8 heteroatoms. The summed E-state index contributed by atoms with van der Waals surface area (Å²) in [5, 5.41) is 7.13. The first-order valence-electron chi connectivity index (χ1n) is 12.1. The minimum Gasteiger partial charge on any atom is -0.369 e. The number of aryl methyl sites for hydroxylation is 1. The molecular formula is C25H35ClN6O. The van der Waals surface area contributed by atoms with Crippen LogP contribution in [-0.4, -0.2) is 65.4 Å². The largest absolute Gasteiger partial charge is 0.369 e. The van der Waals surface area contributed by atoms with Crippen LogP contribution in [0.4, 0.5) is 17.5 Å². The fourth-order valence-electron chi connectivity index (χ4n) is 4.67. The molecule has 0 bridgehead atoms. The Labute approximate surface area is 201 Å². The molecule has 2 aliphatic rings. The molecule has 0 atom stereocenters. The monoisotopic (exact) mass is 470 g/mol. The van der Waals surface area contributed by atoms with Gasteiger partial charge in [-0.1, -0.05) is 23.7 Å². The first-order valence-corrected chi connectivity index (χ1v) is 12.5. The number of nitrogens with one attached hydrogen (secondary N) is 2. The van der Waals surface area contributed by atoms with Crippen molar-refractivity contribution in [3.8, 4) is 0 Å². The number of amides is 1. The van der Waals surface area contributed by atoms with E-state index in [2.05, 4.69) is 57.7 Å². The number of carbonyl (C=O) groups is 1. The van der Waals surface area contributed by atoms with Crippen molar-refractivity contribution in [3.05, 3.63) is 40.5 Å². The quantitative estimate of drug-likeness (QED) is 0.539. The molecule has 7 nitrogen and oxygen atoms in total. The second-order valence-electron chi connectivity index (χ2n) is 9.29. The third kappa shape index (κ3) is 6.36. The Morgan fingerprint density at radius 2 is 2.00 bits per heavy atom. The van der Waals surface area contributed by atoms with Crippen molar-refractivity contribution in [2.75, 3.05) is 50.4 Å². The number of likely N-dealkylation sites (tertiary alicyclic amines) is 2. The highest BCUT2D eigenvalue weighted by atomic mass is 35.5. The Bertz CT molecular complexity index is 960. The molecule has 1 amide bonds. The summed E-state index contributed by atoms with van der Waals surface area (Å²) < 4.78 is 0. The number of halogens is 1. The minimum absolute atomic E-state index is 0.269. The van der Waals surface area contributed by atoms with Crippen LogP contribution in [0.5, 0.6) is 0 Å². The van der Waals surface area contributed by atoms with Crippen molar-refractivity contribution in [2.45, 2.75) is 51.4 Å². The predicted octanol–water partition coefficient (Wildman–Crippen LogP) is 4.81. The molecule has 2 N–H and O–H groups in total. The molecule has 1 aromatic heterocycles. The molecule has 2 aliphatic heterocycles. The summed E-state index contributed by atoms with van der Waals surface area (Å²) in [5.74, 6) is 2.03. The number of anilines is 3. The number of nitrogens with zero attached hydrogens (tertiary/aromatic N) is 4. The molecule has 2 fully saturated rings. The fraction of sp³-hybridized carbons (Fsp3) is 0.560. The molecule has 0 saturated carbocycles. The average molecular weight is 471 g/mol. The average Bonchev–Trinajstić information content (AvgIpc) is 2.81. The van der Waals surface area contributed by atoms with E-state index < -0.39 is 0 Å². The number of rotatable bonds is 8. The smallest absolute Gasteiger partial charge is 0.229 e. The van der Waals surface area contributed by atoms with Gasteiger partial charge in [-0.25, -0.2) is 4.98 Å². The summed E-state index contributed by atoms with van der Waals surface area (Å²) >= 11 is 6.32. The topological polar surface area (TPSA) is 73.4 Å². The van der Waals surface area contributed by atoms with Gasteiger partial charge in [0.25, 0.3) is 0 Å². The van der Waals surface area contributed by atoms with E-state index in [1.807, 2.05) is 4.90 Å². The molecule has 4 rings (SSSR count). The van der Waals surface area contributed by atoms with E-state index in [0.29, 0.717) is 35.7 Å². The van der Waals surface area contributed by atoms with Gasteiger partial charge in [-0.3, -0.25) is 4.79 Å². The second-order valence-corrected chi connectivity index (χ2v) is 9.69. The van der Waals surface area contributed by atoms with Gasteiger partial charge < -0.3 is 20.4 Å². The lowest BCUT2D eigenvalue weighted by Crippen LogP contribution is -2.36. The van der Waals surface area contributed by atoms with Gasteiger partial charge in [-0.2, -0.15) is 4.98 Å². The zero-order valence-corrected chi connectivity index (χ0v) is 20.5. The van der Waals surface area contributed by atoms with E-state index >= 15 is 0 Å². The molecule has 0 radical (unpaired) electrons. The normalized spacial score (nSPS) is 17.9. The second kappa shape index (κ2) is 11.2. The lowest BCUT2D eigenvalue weighted by Gasteiger charge is -2.29. The third-order valence-electron chi connectivity index (χ3n) is 6.75. The lowest BCUT2D eigenvalue weighted by molar-refractivity contribution is -0.133. The van der Waals surface area contributed by atoms with Gasteiger partial charge in [-0.05, 0) is 82.3 Å². The summed E-state index contributed by atoms with van der Waals surface area (Å²) in [5.41, 5.74) is 3.60. The molecule has 0 spiro atoms. The van der Waals surface area contributed by atoms with Gasteiger partial charge >= 0.3 is 0 Å². The maximum atomic E-state index is 11.9. The van der Waals surface area contributed by atoms with Crippen molar-refractivity contribution in [2.24, 2.45) is 0 Å². The van der Waals surface area contributed by atoms with Crippen LogP contribution in [-0.2, 0) is 4.79 Å². The van der Waals surface area contributed by atoms with Crippen LogP contribution in [0.1, 0.15) is 55.6 Å². The van der Waals surface area contributed by atoms with Crippen LogP contribution in [0.3, 0.4) is 0 Å². The molecule has 178 valence electrons. The zero-order valence-electron chi connectivity index (χ0n) is 19.7.